The highest BCUT2D eigenvalue weighted by molar-refractivity contribution is 5.41. The summed E-state index contributed by atoms with van der Waals surface area (Å²) in [6, 6.07) is 6.72. The van der Waals surface area contributed by atoms with Crippen LogP contribution in [-0.2, 0) is 6.42 Å². The molecular formula is C18H27NO. The van der Waals surface area contributed by atoms with E-state index >= 15 is 0 Å². The molecule has 0 aromatic heterocycles. The van der Waals surface area contributed by atoms with Gasteiger partial charge in [-0.3, -0.25) is 0 Å². The van der Waals surface area contributed by atoms with E-state index in [0.29, 0.717) is 6.10 Å². The number of nitrogens with two attached hydrogens (primary N) is 1. The van der Waals surface area contributed by atoms with Crippen LogP contribution in [0.15, 0.2) is 18.2 Å². The molecule has 1 aromatic rings. The van der Waals surface area contributed by atoms with Gasteiger partial charge in [0.1, 0.15) is 11.9 Å². The Morgan fingerprint density at radius 1 is 1.25 bits per heavy atom. The molecule has 1 aliphatic heterocycles. The topological polar surface area (TPSA) is 35.2 Å². The summed E-state index contributed by atoms with van der Waals surface area (Å²) in [7, 11) is 0. The number of fused-ring (bicyclic) bond motifs is 1. The van der Waals surface area contributed by atoms with Gasteiger partial charge < -0.3 is 10.5 Å². The predicted octanol–water partition coefficient (Wildman–Crippen LogP) is 4.37. The van der Waals surface area contributed by atoms with E-state index in [1.807, 2.05) is 0 Å². The molecule has 1 saturated carbocycles. The summed E-state index contributed by atoms with van der Waals surface area (Å²) in [5.41, 5.74) is 9.03. The minimum atomic E-state index is 0.193. The van der Waals surface area contributed by atoms with E-state index in [4.69, 9.17) is 10.5 Å². The molecule has 2 N–H and O–H groups in total. The van der Waals surface area contributed by atoms with Gasteiger partial charge >= 0.3 is 0 Å². The molecule has 0 bridgehead atoms. The van der Waals surface area contributed by atoms with Crippen LogP contribution in [-0.4, -0.2) is 6.10 Å². The fourth-order valence-electron chi connectivity index (χ4n) is 3.73. The van der Waals surface area contributed by atoms with E-state index in [2.05, 4.69) is 25.1 Å². The van der Waals surface area contributed by atoms with Crippen molar-refractivity contribution in [3.05, 3.63) is 29.3 Å². The monoisotopic (exact) mass is 273 g/mol. The molecule has 1 heterocycles. The van der Waals surface area contributed by atoms with Crippen LogP contribution >= 0.6 is 0 Å². The lowest BCUT2D eigenvalue weighted by atomic mass is 9.84. The molecule has 110 valence electrons. The summed E-state index contributed by atoms with van der Waals surface area (Å²) in [5, 5.41) is 0. The Kier molecular flexibility index (Phi) is 4.30. The van der Waals surface area contributed by atoms with Crippen LogP contribution in [0.1, 0.15) is 69.0 Å². The van der Waals surface area contributed by atoms with Gasteiger partial charge in [0.25, 0.3) is 0 Å². The first-order chi connectivity index (χ1) is 9.72. The minimum absolute atomic E-state index is 0.193. The fourth-order valence-corrected chi connectivity index (χ4v) is 3.73. The van der Waals surface area contributed by atoms with Crippen LogP contribution in [0.2, 0.25) is 0 Å². The zero-order valence-electron chi connectivity index (χ0n) is 12.6. The van der Waals surface area contributed by atoms with Crippen molar-refractivity contribution in [2.24, 2.45) is 11.7 Å². The zero-order valence-corrected chi connectivity index (χ0v) is 12.6. The fraction of sp³-hybridized carbons (Fsp3) is 0.667. The Hall–Kier alpha value is -1.02. The van der Waals surface area contributed by atoms with Gasteiger partial charge in [-0.2, -0.15) is 0 Å². The van der Waals surface area contributed by atoms with Crippen molar-refractivity contribution in [3.63, 3.8) is 0 Å². The van der Waals surface area contributed by atoms with Crippen LogP contribution in [0, 0.1) is 5.92 Å². The molecule has 1 aromatic carbocycles. The maximum absolute atomic E-state index is 6.40. The molecule has 2 unspecified atom stereocenters. The van der Waals surface area contributed by atoms with Crippen molar-refractivity contribution in [1.82, 2.24) is 0 Å². The molecular weight excluding hydrogens is 246 g/mol. The number of rotatable bonds is 4. The number of hydrogen-bond donors (Lipinski definition) is 1. The molecule has 1 fully saturated rings. The second kappa shape index (κ2) is 6.17. The highest BCUT2D eigenvalue weighted by atomic mass is 16.5. The molecule has 2 atom stereocenters. The number of hydrogen-bond acceptors (Lipinski definition) is 2. The lowest BCUT2D eigenvalue weighted by molar-refractivity contribution is 0.254. The van der Waals surface area contributed by atoms with E-state index in [1.165, 1.54) is 49.7 Å². The molecule has 1 aliphatic carbocycles. The summed E-state index contributed by atoms with van der Waals surface area (Å²) in [6.45, 7) is 2.13. The predicted molar refractivity (Wildman–Crippen MR) is 83.0 cm³/mol. The van der Waals surface area contributed by atoms with Crippen molar-refractivity contribution in [2.75, 3.05) is 0 Å². The van der Waals surface area contributed by atoms with Gasteiger partial charge in [-0.15, -0.1) is 0 Å². The van der Waals surface area contributed by atoms with E-state index < -0.39 is 0 Å². The molecule has 2 heteroatoms. The van der Waals surface area contributed by atoms with Gasteiger partial charge in [-0.05, 0) is 42.9 Å². The summed E-state index contributed by atoms with van der Waals surface area (Å²) in [6.07, 6.45) is 10.9. The lowest BCUT2D eigenvalue weighted by Crippen LogP contribution is -2.14. The standard InChI is InChI=1S/C18H27NO/c1-13-11-16-12-15(8-10-18(16)20-13)17(19)9-7-14-5-3-2-4-6-14/h8,10,12-14,17H,2-7,9,11,19H2,1H3. The normalized spacial score (nSPS) is 24.2. The molecule has 0 spiro atoms. The van der Waals surface area contributed by atoms with Gasteiger partial charge in [-0.25, -0.2) is 0 Å². The lowest BCUT2D eigenvalue weighted by Gasteiger charge is -2.23. The van der Waals surface area contributed by atoms with E-state index in [-0.39, 0.29) is 6.04 Å². The van der Waals surface area contributed by atoms with Gasteiger partial charge in [0.2, 0.25) is 0 Å². The third-order valence-corrected chi connectivity index (χ3v) is 4.96. The van der Waals surface area contributed by atoms with Crippen LogP contribution in [0.4, 0.5) is 0 Å². The van der Waals surface area contributed by atoms with Crippen molar-refractivity contribution < 1.29 is 4.74 Å². The Morgan fingerprint density at radius 2 is 2.05 bits per heavy atom. The van der Waals surface area contributed by atoms with Crippen LogP contribution in [0.5, 0.6) is 5.75 Å². The Balaban J connectivity index is 1.57. The zero-order chi connectivity index (χ0) is 13.9. The highest BCUT2D eigenvalue weighted by Crippen LogP contribution is 2.33. The molecule has 2 aliphatic rings. The molecule has 20 heavy (non-hydrogen) atoms. The molecule has 3 rings (SSSR count). The van der Waals surface area contributed by atoms with Crippen LogP contribution in [0.3, 0.4) is 0 Å². The van der Waals surface area contributed by atoms with Crippen LogP contribution < -0.4 is 10.5 Å². The molecule has 0 radical (unpaired) electrons. The van der Waals surface area contributed by atoms with Gasteiger partial charge in [0.15, 0.2) is 0 Å². The largest absolute Gasteiger partial charge is 0.490 e. The maximum atomic E-state index is 6.40. The highest BCUT2D eigenvalue weighted by Gasteiger charge is 2.21. The SMILES string of the molecule is CC1Cc2cc(C(N)CCC3CCCCC3)ccc2O1. The third-order valence-electron chi connectivity index (χ3n) is 4.96. The third kappa shape index (κ3) is 3.17. The first-order valence-corrected chi connectivity index (χ1v) is 8.27. The van der Waals surface area contributed by atoms with Gasteiger partial charge in [-0.1, -0.05) is 44.2 Å². The quantitative estimate of drug-likeness (QED) is 0.884. The smallest absolute Gasteiger partial charge is 0.123 e. The number of benzene rings is 1. The van der Waals surface area contributed by atoms with Crippen molar-refractivity contribution in [3.8, 4) is 5.75 Å². The van der Waals surface area contributed by atoms with Crippen molar-refractivity contribution >= 4 is 0 Å². The Morgan fingerprint density at radius 3 is 2.85 bits per heavy atom. The van der Waals surface area contributed by atoms with E-state index in [1.54, 1.807) is 0 Å². The van der Waals surface area contributed by atoms with E-state index in [0.717, 1.165) is 24.5 Å². The second-order valence-electron chi connectivity index (χ2n) is 6.69. The number of ether oxygens (including phenoxy) is 1. The summed E-state index contributed by atoms with van der Waals surface area (Å²) in [4.78, 5) is 0. The van der Waals surface area contributed by atoms with Crippen LogP contribution in [0.25, 0.3) is 0 Å². The van der Waals surface area contributed by atoms with Gasteiger partial charge in [0.05, 0.1) is 0 Å². The minimum Gasteiger partial charge on any atom is -0.490 e. The maximum Gasteiger partial charge on any atom is 0.123 e. The molecule has 0 saturated heterocycles. The van der Waals surface area contributed by atoms with E-state index in [9.17, 15) is 0 Å². The first kappa shape index (κ1) is 13.9. The van der Waals surface area contributed by atoms with Gasteiger partial charge in [0, 0.05) is 12.5 Å². The summed E-state index contributed by atoms with van der Waals surface area (Å²) < 4.78 is 5.76. The Labute approximate surface area is 122 Å². The van der Waals surface area contributed by atoms with Crippen molar-refractivity contribution in [1.29, 1.82) is 0 Å². The molecule has 2 nitrogen and oxygen atoms in total. The average Bonchev–Trinajstić information content (AvgIpc) is 2.85. The molecule has 0 amide bonds. The van der Waals surface area contributed by atoms with Crippen molar-refractivity contribution in [2.45, 2.75) is 70.4 Å². The Bertz CT molecular complexity index is 451. The second-order valence-corrected chi connectivity index (χ2v) is 6.69. The summed E-state index contributed by atoms with van der Waals surface area (Å²) in [5.74, 6) is 1.98. The average molecular weight is 273 g/mol. The first-order valence-electron chi connectivity index (χ1n) is 8.27. The summed E-state index contributed by atoms with van der Waals surface area (Å²) >= 11 is 0.